The summed E-state index contributed by atoms with van der Waals surface area (Å²) in [6.45, 7) is 1.67. The first-order valence-electron chi connectivity index (χ1n) is 5.49. The van der Waals surface area contributed by atoms with Crippen molar-refractivity contribution in [2.24, 2.45) is 0 Å². The van der Waals surface area contributed by atoms with Gasteiger partial charge < -0.3 is 5.32 Å². The number of hydrogen-bond acceptors (Lipinski definition) is 5. The largest absolute Gasteiger partial charge is 0.353 e. The monoisotopic (exact) mass is 254 g/mol. The van der Waals surface area contributed by atoms with Crippen LogP contribution in [0.5, 0.6) is 0 Å². The van der Waals surface area contributed by atoms with E-state index in [2.05, 4.69) is 10.3 Å². The molecular formula is C13H10N4O2. The molecule has 1 aromatic carbocycles. The number of nitrogens with one attached hydrogen (secondary N) is 1. The van der Waals surface area contributed by atoms with Gasteiger partial charge in [-0.1, -0.05) is 6.07 Å². The first-order valence-corrected chi connectivity index (χ1v) is 5.49. The molecule has 0 spiro atoms. The Labute approximate surface area is 109 Å². The molecule has 1 aromatic heterocycles. The van der Waals surface area contributed by atoms with E-state index in [1.165, 1.54) is 12.3 Å². The molecule has 0 amide bonds. The van der Waals surface area contributed by atoms with Gasteiger partial charge in [0.25, 0.3) is 5.69 Å². The van der Waals surface area contributed by atoms with E-state index in [1.807, 2.05) is 6.07 Å². The number of nitro groups is 1. The van der Waals surface area contributed by atoms with Crippen molar-refractivity contribution in [3.63, 3.8) is 0 Å². The normalized spacial score (nSPS) is 9.68. The molecule has 0 aliphatic carbocycles. The van der Waals surface area contributed by atoms with Gasteiger partial charge in [0.1, 0.15) is 6.07 Å². The van der Waals surface area contributed by atoms with Crippen molar-refractivity contribution in [1.29, 1.82) is 5.26 Å². The van der Waals surface area contributed by atoms with Gasteiger partial charge in [0.15, 0.2) is 5.69 Å². The van der Waals surface area contributed by atoms with E-state index in [-0.39, 0.29) is 11.4 Å². The first kappa shape index (κ1) is 12.5. The Morgan fingerprint density at radius 1 is 1.42 bits per heavy atom. The minimum Gasteiger partial charge on any atom is -0.353 e. The molecule has 1 heterocycles. The SMILES string of the molecule is Cc1ccc(Nc2cccnc2C#N)cc1[N+](=O)[O-]. The summed E-state index contributed by atoms with van der Waals surface area (Å²) in [6.07, 6.45) is 1.52. The molecule has 1 N–H and O–H groups in total. The summed E-state index contributed by atoms with van der Waals surface area (Å²) in [4.78, 5) is 14.3. The van der Waals surface area contributed by atoms with Gasteiger partial charge in [-0.15, -0.1) is 0 Å². The smallest absolute Gasteiger partial charge is 0.274 e. The highest BCUT2D eigenvalue weighted by atomic mass is 16.6. The zero-order chi connectivity index (χ0) is 13.8. The van der Waals surface area contributed by atoms with Crippen molar-refractivity contribution in [2.75, 3.05) is 5.32 Å². The number of nitriles is 1. The van der Waals surface area contributed by atoms with E-state index in [4.69, 9.17) is 5.26 Å². The second-order valence-corrected chi connectivity index (χ2v) is 3.89. The lowest BCUT2D eigenvalue weighted by atomic mass is 10.2. The number of nitrogens with zero attached hydrogens (tertiary/aromatic N) is 3. The maximum absolute atomic E-state index is 10.9. The van der Waals surface area contributed by atoms with E-state index < -0.39 is 4.92 Å². The number of aromatic nitrogens is 1. The van der Waals surface area contributed by atoms with Crippen LogP contribution >= 0.6 is 0 Å². The molecular weight excluding hydrogens is 244 g/mol. The fraction of sp³-hybridized carbons (Fsp3) is 0.0769. The van der Waals surface area contributed by atoms with Gasteiger partial charge >= 0.3 is 0 Å². The van der Waals surface area contributed by atoms with Crippen LogP contribution in [0.25, 0.3) is 0 Å². The zero-order valence-corrected chi connectivity index (χ0v) is 10.1. The maximum atomic E-state index is 10.9. The number of nitro benzene ring substituents is 1. The highest BCUT2D eigenvalue weighted by Gasteiger charge is 2.11. The second kappa shape index (κ2) is 5.14. The van der Waals surface area contributed by atoms with Crippen molar-refractivity contribution in [1.82, 2.24) is 4.98 Å². The second-order valence-electron chi connectivity index (χ2n) is 3.89. The molecule has 0 fully saturated rings. The van der Waals surface area contributed by atoms with Crippen LogP contribution in [0.4, 0.5) is 17.1 Å². The molecule has 0 atom stereocenters. The number of anilines is 2. The number of pyridine rings is 1. The summed E-state index contributed by atoms with van der Waals surface area (Å²) >= 11 is 0. The molecule has 2 rings (SSSR count). The molecule has 6 nitrogen and oxygen atoms in total. The van der Waals surface area contributed by atoms with Crippen molar-refractivity contribution in [3.05, 3.63) is 57.9 Å². The third kappa shape index (κ3) is 2.66. The third-order valence-corrected chi connectivity index (χ3v) is 2.60. The summed E-state index contributed by atoms with van der Waals surface area (Å²) in [5, 5.41) is 22.7. The van der Waals surface area contributed by atoms with E-state index in [0.29, 0.717) is 16.9 Å². The summed E-state index contributed by atoms with van der Waals surface area (Å²) in [5.74, 6) is 0. The Kier molecular flexibility index (Phi) is 3.39. The molecule has 0 saturated heterocycles. The predicted octanol–water partition coefficient (Wildman–Crippen LogP) is 2.91. The van der Waals surface area contributed by atoms with Crippen molar-refractivity contribution in [3.8, 4) is 6.07 Å². The molecule has 19 heavy (non-hydrogen) atoms. The molecule has 0 unspecified atom stereocenters. The van der Waals surface area contributed by atoms with Gasteiger partial charge in [0.05, 0.1) is 10.6 Å². The topological polar surface area (TPSA) is 91.8 Å². The maximum Gasteiger partial charge on any atom is 0.274 e. The van der Waals surface area contributed by atoms with E-state index >= 15 is 0 Å². The fourth-order valence-electron chi connectivity index (χ4n) is 1.63. The Bertz CT molecular complexity index is 677. The summed E-state index contributed by atoms with van der Waals surface area (Å²) < 4.78 is 0. The minimum absolute atomic E-state index is 0.0346. The average Bonchev–Trinajstić information content (AvgIpc) is 2.41. The van der Waals surface area contributed by atoms with Crippen LogP contribution in [-0.4, -0.2) is 9.91 Å². The number of benzene rings is 1. The van der Waals surface area contributed by atoms with Gasteiger partial charge in [-0.2, -0.15) is 5.26 Å². The lowest BCUT2D eigenvalue weighted by molar-refractivity contribution is -0.385. The van der Waals surface area contributed by atoms with E-state index in [9.17, 15) is 10.1 Å². The average molecular weight is 254 g/mol. The predicted molar refractivity (Wildman–Crippen MR) is 70.1 cm³/mol. The fourth-order valence-corrected chi connectivity index (χ4v) is 1.63. The summed E-state index contributed by atoms with van der Waals surface area (Å²) in [7, 11) is 0. The molecule has 0 aliphatic heterocycles. The van der Waals surface area contributed by atoms with Gasteiger partial charge in [-0.3, -0.25) is 10.1 Å². The number of rotatable bonds is 3. The Hall–Kier alpha value is -2.94. The van der Waals surface area contributed by atoms with Gasteiger partial charge in [0.2, 0.25) is 0 Å². The summed E-state index contributed by atoms with van der Waals surface area (Å²) in [6, 6.07) is 10.1. The highest BCUT2D eigenvalue weighted by Crippen LogP contribution is 2.25. The first-order chi connectivity index (χ1) is 9.11. The molecule has 0 saturated carbocycles. The van der Waals surface area contributed by atoms with Crippen LogP contribution < -0.4 is 5.32 Å². The van der Waals surface area contributed by atoms with Gasteiger partial charge in [-0.05, 0) is 25.1 Å². The Morgan fingerprint density at radius 3 is 2.89 bits per heavy atom. The molecule has 2 aromatic rings. The summed E-state index contributed by atoms with van der Waals surface area (Å²) in [5.41, 5.74) is 1.92. The zero-order valence-electron chi connectivity index (χ0n) is 10.1. The van der Waals surface area contributed by atoms with Crippen LogP contribution in [0.3, 0.4) is 0 Å². The Morgan fingerprint density at radius 2 is 2.21 bits per heavy atom. The number of hydrogen-bond donors (Lipinski definition) is 1. The minimum atomic E-state index is -0.436. The third-order valence-electron chi connectivity index (χ3n) is 2.60. The van der Waals surface area contributed by atoms with Crippen LogP contribution in [0.1, 0.15) is 11.3 Å². The van der Waals surface area contributed by atoms with Gasteiger partial charge in [0, 0.05) is 23.5 Å². The quantitative estimate of drug-likeness (QED) is 0.671. The molecule has 0 aliphatic rings. The Balaban J connectivity index is 2.37. The van der Waals surface area contributed by atoms with E-state index in [0.717, 1.165) is 0 Å². The lowest BCUT2D eigenvalue weighted by Gasteiger charge is -2.07. The highest BCUT2D eigenvalue weighted by molar-refractivity contribution is 5.67. The van der Waals surface area contributed by atoms with Crippen LogP contribution in [0.15, 0.2) is 36.5 Å². The van der Waals surface area contributed by atoms with Crippen molar-refractivity contribution in [2.45, 2.75) is 6.92 Å². The van der Waals surface area contributed by atoms with Crippen molar-refractivity contribution >= 4 is 17.1 Å². The number of aryl methyl sites for hydroxylation is 1. The van der Waals surface area contributed by atoms with Crippen LogP contribution in [-0.2, 0) is 0 Å². The van der Waals surface area contributed by atoms with Crippen LogP contribution in [0.2, 0.25) is 0 Å². The standard InChI is InChI=1S/C13H10N4O2/c1-9-4-5-10(7-13(9)17(18)19)16-11-3-2-6-15-12(11)8-14/h2-7,16H,1H3. The van der Waals surface area contributed by atoms with Gasteiger partial charge in [-0.25, -0.2) is 4.98 Å². The molecule has 0 radical (unpaired) electrons. The lowest BCUT2D eigenvalue weighted by Crippen LogP contribution is -1.97. The molecule has 6 heteroatoms. The van der Waals surface area contributed by atoms with Crippen LogP contribution in [0, 0.1) is 28.4 Å². The van der Waals surface area contributed by atoms with Crippen molar-refractivity contribution < 1.29 is 4.92 Å². The van der Waals surface area contributed by atoms with E-state index in [1.54, 1.807) is 31.2 Å². The molecule has 0 bridgehead atoms. The molecule has 94 valence electrons.